The maximum absolute atomic E-state index is 2.46. The lowest BCUT2D eigenvalue weighted by atomic mass is 9.82. The molecule has 0 bridgehead atoms. The van der Waals surface area contributed by atoms with Gasteiger partial charge in [-0.1, -0.05) is 41.9 Å². The second-order valence-corrected chi connectivity index (χ2v) is 3.71. The van der Waals surface area contributed by atoms with Crippen LogP contribution in [0, 0.1) is 5.92 Å². The number of rotatable bonds is 3. The first-order valence-corrected chi connectivity index (χ1v) is 5.02. The summed E-state index contributed by atoms with van der Waals surface area (Å²) in [7, 11) is 0. The Hall–Kier alpha value is 0.730. The molecule has 1 saturated carbocycles. The van der Waals surface area contributed by atoms with Crippen molar-refractivity contribution in [2.24, 2.45) is 5.92 Å². The summed E-state index contributed by atoms with van der Waals surface area (Å²) < 4.78 is 1.36. The first kappa shape index (κ1) is 6.84. The van der Waals surface area contributed by atoms with E-state index in [0.717, 1.165) is 5.92 Å². The lowest BCUT2D eigenvalue weighted by Crippen LogP contribution is -2.10. The summed E-state index contributed by atoms with van der Waals surface area (Å²) >= 11 is 2.46. The standard InChI is InChI=1S/C7H13I/c8-6-2-5-7-3-1-4-7/h7H,1-6H2. The van der Waals surface area contributed by atoms with Crippen LogP contribution in [-0.2, 0) is 0 Å². The van der Waals surface area contributed by atoms with Crippen molar-refractivity contribution in [3.8, 4) is 0 Å². The molecule has 0 aromatic rings. The van der Waals surface area contributed by atoms with E-state index in [1.54, 1.807) is 0 Å². The molecule has 48 valence electrons. The summed E-state index contributed by atoms with van der Waals surface area (Å²) in [6, 6.07) is 0. The van der Waals surface area contributed by atoms with Crippen molar-refractivity contribution in [2.45, 2.75) is 32.1 Å². The Morgan fingerprint density at radius 1 is 1.38 bits per heavy atom. The van der Waals surface area contributed by atoms with Crippen molar-refractivity contribution >= 4 is 22.6 Å². The Morgan fingerprint density at radius 3 is 2.50 bits per heavy atom. The molecule has 0 radical (unpaired) electrons. The van der Waals surface area contributed by atoms with E-state index in [4.69, 9.17) is 0 Å². The first-order valence-electron chi connectivity index (χ1n) is 3.49. The molecule has 0 nitrogen and oxygen atoms in total. The molecule has 0 spiro atoms. The summed E-state index contributed by atoms with van der Waals surface area (Å²) in [5, 5.41) is 0. The van der Waals surface area contributed by atoms with E-state index in [-0.39, 0.29) is 0 Å². The Kier molecular flexibility index (Phi) is 3.16. The highest BCUT2D eigenvalue weighted by Gasteiger charge is 2.15. The van der Waals surface area contributed by atoms with Crippen LogP contribution in [-0.4, -0.2) is 4.43 Å². The minimum atomic E-state index is 1.13. The molecule has 1 fully saturated rings. The van der Waals surface area contributed by atoms with Crippen LogP contribution in [0.15, 0.2) is 0 Å². The first-order chi connectivity index (χ1) is 3.93. The zero-order chi connectivity index (χ0) is 5.82. The van der Waals surface area contributed by atoms with Gasteiger partial charge in [0.1, 0.15) is 0 Å². The highest BCUT2D eigenvalue weighted by Crippen LogP contribution is 2.30. The smallest absolute Gasteiger partial charge is 0.000463 e. The molecule has 0 N–H and O–H groups in total. The monoisotopic (exact) mass is 224 g/mol. The van der Waals surface area contributed by atoms with Crippen LogP contribution in [0.1, 0.15) is 32.1 Å². The normalized spacial score (nSPS) is 20.6. The minimum absolute atomic E-state index is 1.13. The SMILES string of the molecule is ICCCC1CCC1. The Morgan fingerprint density at radius 2 is 2.12 bits per heavy atom. The lowest BCUT2D eigenvalue weighted by molar-refractivity contribution is 0.295. The molecule has 1 rings (SSSR count). The molecule has 1 aliphatic rings. The quantitative estimate of drug-likeness (QED) is 0.510. The fraction of sp³-hybridized carbons (Fsp3) is 1.00. The largest absolute Gasteiger partial charge is 0.0864 e. The van der Waals surface area contributed by atoms with Crippen molar-refractivity contribution in [3.05, 3.63) is 0 Å². The van der Waals surface area contributed by atoms with Gasteiger partial charge in [-0.15, -0.1) is 0 Å². The van der Waals surface area contributed by atoms with E-state index in [0.29, 0.717) is 0 Å². The van der Waals surface area contributed by atoms with E-state index >= 15 is 0 Å². The van der Waals surface area contributed by atoms with Crippen LogP contribution in [0.4, 0.5) is 0 Å². The predicted molar refractivity (Wildman–Crippen MR) is 45.5 cm³/mol. The van der Waals surface area contributed by atoms with Gasteiger partial charge in [0.05, 0.1) is 0 Å². The van der Waals surface area contributed by atoms with Crippen molar-refractivity contribution in [1.29, 1.82) is 0 Å². The minimum Gasteiger partial charge on any atom is -0.0864 e. The fourth-order valence-corrected chi connectivity index (χ4v) is 1.59. The Balaban J connectivity index is 1.86. The molecule has 0 unspecified atom stereocenters. The van der Waals surface area contributed by atoms with Gasteiger partial charge in [-0.3, -0.25) is 0 Å². The third kappa shape index (κ3) is 1.92. The van der Waals surface area contributed by atoms with Crippen LogP contribution >= 0.6 is 22.6 Å². The van der Waals surface area contributed by atoms with E-state index < -0.39 is 0 Å². The number of alkyl halides is 1. The van der Waals surface area contributed by atoms with E-state index in [2.05, 4.69) is 22.6 Å². The molecular weight excluding hydrogens is 211 g/mol. The fourth-order valence-electron chi connectivity index (χ4n) is 1.15. The molecular formula is C7H13I. The summed E-state index contributed by atoms with van der Waals surface area (Å²) in [6.45, 7) is 0. The maximum atomic E-state index is 2.46. The molecule has 8 heavy (non-hydrogen) atoms. The molecule has 0 aromatic heterocycles. The van der Waals surface area contributed by atoms with Gasteiger partial charge >= 0.3 is 0 Å². The lowest BCUT2D eigenvalue weighted by Gasteiger charge is -2.24. The molecule has 0 aliphatic heterocycles. The zero-order valence-electron chi connectivity index (χ0n) is 5.20. The molecule has 0 atom stereocenters. The molecule has 1 aliphatic carbocycles. The van der Waals surface area contributed by atoms with Crippen molar-refractivity contribution in [3.63, 3.8) is 0 Å². The number of hydrogen-bond donors (Lipinski definition) is 0. The van der Waals surface area contributed by atoms with Crippen LogP contribution in [0.2, 0.25) is 0 Å². The van der Waals surface area contributed by atoms with Gasteiger partial charge in [-0.25, -0.2) is 0 Å². The summed E-state index contributed by atoms with van der Waals surface area (Å²) in [4.78, 5) is 0. The predicted octanol–water partition coefficient (Wildman–Crippen LogP) is 3.00. The van der Waals surface area contributed by atoms with Crippen LogP contribution in [0.25, 0.3) is 0 Å². The van der Waals surface area contributed by atoms with Crippen molar-refractivity contribution in [1.82, 2.24) is 0 Å². The van der Waals surface area contributed by atoms with Gasteiger partial charge in [0, 0.05) is 0 Å². The van der Waals surface area contributed by atoms with Gasteiger partial charge < -0.3 is 0 Å². The van der Waals surface area contributed by atoms with Crippen LogP contribution in [0.5, 0.6) is 0 Å². The van der Waals surface area contributed by atoms with Gasteiger partial charge in [0.25, 0.3) is 0 Å². The van der Waals surface area contributed by atoms with Crippen molar-refractivity contribution < 1.29 is 0 Å². The van der Waals surface area contributed by atoms with Crippen LogP contribution in [0.3, 0.4) is 0 Å². The third-order valence-electron chi connectivity index (χ3n) is 1.97. The molecule has 0 heterocycles. The number of halogens is 1. The van der Waals surface area contributed by atoms with Gasteiger partial charge in [0.15, 0.2) is 0 Å². The van der Waals surface area contributed by atoms with Crippen molar-refractivity contribution in [2.75, 3.05) is 4.43 Å². The summed E-state index contributed by atoms with van der Waals surface area (Å²) in [5.41, 5.74) is 0. The second kappa shape index (κ2) is 3.70. The number of hydrogen-bond acceptors (Lipinski definition) is 0. The van der Waals surface area contributed by atoms with E-state index in [9.17, 15) is 0 Å². The third-order valence-corrected chi connectivity index (χ3v) is 2.73. The summed E-state index contributed by atoms with van der Waals surface area (Å²) in [5.74, 6) is 1.13. The molecule has 0 saturated heterocycles. The average molecular weight is 224 g/mol. The second-order valence-electron chi connectivity index (χ2n) is 2.63. The van der Waals surface area contributed by atoms with E-state index in [1.807, 2.05) is 0 Å². The van der Waals surface area contributed by atoms with Gasteiger partial charge in [-0.05, 0) is 23.2 Å². The highest BCUT2D eigenvalue weighted by atomic mass is 127. The Bertz CT molecular complexity index is 57.4. The molecule has 1 heteroatoms. The average Bonchev–Trinajstić information content (AvgIpc) is 1.63. The van der Waals surface area contributed by atoms with Gasteiger partial charge in [0.2, 0.25) is 0 Å². The molecule has 0 amide bonds. The van der Waals surface area contributed by atoms with E-state index in [1.165, 1.54) is 36.5 Å². The van der Waals surface area contributed by atoms with Gasteiger partial charge in [-0.2, -0.15) is 0 Å². The maximum Gasteiger partial charge on any atom is -0.000463 e. The Labute approximate surface area is 65.2 Å². The molecule has 0 aromatic carbocycles. The van der Waals surface area contributed by atoms with Crippen LogP contribution < -0.4 is 0 Å². The summed E-state index contributed by atoms with van der Waals surface area (Å²) in [6.07, 6.45) is 7.51. The topological polar surface area (TPSA) is 0 Å². The zero-order valence-corrected chi connectivity index (χ0v) is 7.36. The highest BCUT2D eigenvalue weighted by molar-refractivity contribution is 14.1.